The van der Waals surface area contributed by atoms with Gasteiger partial charge in [-0.2, -0.15) is 0 Å². The number of nitrogens with zero attached hydrogens (tertiary/aromatic N) is 1. The van der Waals surface area contributed by atoms with Crippen molar-refractivity contribution < 1.29 is 14.3 Å². The standard InChI is InChI=1S/C29H32N2O3/c1-4-14-31(26-17-23-19-27(33-2)28(34-3)20-24(23)18-26)15-13-21-9-8-12-25(16-21)30-29(32)22-10-6-5-7-11-22/h5-12,16-17,19-20H,4,13-15,18H2,1-3H3,(H,30,32). The predicted octanol–water partition coefficient (Wildman–Crippen LogP) is 5.81. The fourth-order valence-electron chi connectivity index (χ4n) is 4.38. The molecule has 5 heteroatoms. The molecule has 0 fully saturated rings. The number of rotatable bonds is 10. The van der Waals surface area contributed by atoms with Crippen LogP contribution in [0.2, 0.25) is 0 Å². The minimum absolute atomic E-state index is 0.0925. The van der Waals surface area contributed by atoms with Crippen LogP contribution in [0.3, 0.4) is 0 Å². The number of fused-ring (bicyclic) bond motifs is 1. The van der Waals surface area contributed by atoms with Crippen LogP contribution in [0, 0.1) is 0 Å². The van der Waals surface area contributed by atoms with Crippen LogP contribution in [0.15, 0.2) is 72.4 Å². The number of hydrogen-bond acceptors (Lipinski definition) is 4. The third-order valence-corrected chi connectivity index (χ3v) is 6.13. The molecule has 0 aromatic heterocycles. The quantitative estimate of drug-likeness (QED) is 0.418. The maximum Gasteiger partial charge on any atom is 0.255 e. The van der Waals surface area contributed by atoms with E-state index >= 15 is 0 Å². The summed E-state index contributed by atoms with van der Waals surface area (Å²) in [7, 11) is 3.34. The maximum absolute atomic E-state index is 12.5. The lowest BCUT2D eigenvalue weighted by Crippen LogP contribution is -2.26. The molecule has 1 amide bonds. The minimum atomic E-state index is -0.0925. The van der Waals surface area contributed by atoms with E-state index in [0.29, 0.717) is 5.56 Å². The maximum atomic E-state index is 12.5. The molecule has 0 atom stereocenters. The Morgan fingerprint density at radius 3 is 2.44 bits per heavy atom. The molecule has 0 saturated carbocycles. The van der Waals surface area contributed by atoms with Crippen LogP contribution in [0.4, 0.5) is 5.69 Å². The Hall–Kier alpha value is -3.73. The van der Waals surface area contributed by atoms with Gasteiger partial charge >= 0.3 is 0 Å². The van der Waals surface area contributed by atoms with Crippen molar-refractivity contribution in [1.29, 1.82) is 0 Å². The van der Waals surface area contributed by atoms with Crippen molar-refractivity contribution in [2.75, 3.05) is 32.6 Å². The van der Waals surface area contributed by atoms with Gasteiger partial charge in [0.2, 0.25) is 0 Å². The van der Waals surface area contributed by atoms with Gasteiger partial charge in [-0.25, -0.2) is 0 Å². The minimum Gasteiger partial charge on any atom is -0.493 e. The largest absolute Gasteiger partial charge is 0.493 e. The lowest BCUT2D eigenvalue weighted by molar-refractivity contribution is 0.102. The smallest absolute Gasteiger partial charge is 0.255 e. The number of carbonyl (C=O) groups excluding carboxylic acids is 1. The van der Waals surface area contributed by atoms with Crippen molar-refractivity contribution in [3.8, 4) is 11.5 Å². The van der Waals surface area contributed by atoms with E-state index in [-0.39, 0.29) is 5.91 Å². The first-order valence-corrected chi connectivity index (χ1v) is 11.8. The van der Waals surface area contributed by atoms with Crippen LogP contribution in [-0.4, -0.2) is 38.1 Å². The first-order chi connectivity index (χ1) is 16.6. The molecule has 4 rings (SSSR count). The zero-order valence-corrected chi connectivity index (χ0v) is 20.1. The SMILES string of the molecule is CCCN(CCc1cccc(NC(=O)c2ccccc2)c1)C1=Cc2cc(OC)c(OC)cc2C1. The summed E-state index contributed by atoms with van der Waals surface area (Å²) in [4.78, 5) is 15.0. The summed E-state index contributed by atoms with van der Waals surface area (Å²) in [5.74, 6) is 1.44. The van der Waals surface area contributed by atoms with E-state index < -0.39 is 0 Å². The Morgan fingerprint density at radius 1 is 0.941 bits per heavy atom. The number of allylic oxidation sites excluding steroid dienone is 1. The lowest BCUT2D eigenvalue weighted by Gasteiger charge is -2.26. The molecule has 0 bridgehead atoms. The van der Waals surface area contributed by atoms with Crippen LogP contribution in [0.1, 0.15) is 40.4 Å². The molecule has 0 heterocycles. The molecule has 1 aliphatic rings. The fourth-order valence-corrected chi connectivity index (χ4v) is 4.38. The molecule has 5 nitrogen and oxygen atoms in total. The van der Waals surface area contributed by atoms with Crippen molar-refractivity contribution in [3.63, 3.8) is 0 Å². The highest BCUT2D eigenvalue weighted by Gasteiger charge is 2.20. The molecule has 0 saturated heterocycles. The molecule has 3 aromatic carbocycles. The molecule has 3 aromatic rings. The third-order valence-electron chi connectivity index (χ3n) is 6.13. The van der Waals surface area contributed by atoms with Crippen molar-refractivity contribution in [2.45, 2.75) is 26.2 Å². The Balaban J connectivity index is 1.43. The van der Waals surface area contributed by atoms with E-state index in [9.17, 15) is 4.79 Å². The summed E-state index contributed by atoms with van der Waals surface area (Å²) < 4.78 is 11.0. The van der Waals surface area contributed by atoms with Crippen molar-refractivity contribution >= 4 is 17.7 Å². The van der Waals surface area contributed by atoms with Crippen LogP contribution in [-0.2, 0) is 12.8 Å². The van der Waals surface area contributed by atoms with Gasteiger partial charge < -0.3 is 19.7 Å². The van der Waals surface area contributed by atoms with E-state index in [2.05, 4.69) is 47.5 Å². The number of ether oxygens (including phenoxy) is 2. The number of methoxy groups -OCH3 is 2. The number of benzene rings is 3. The Labute approximate surface area is 202 Å². The summed E-state index contributed by atoms with van der Waals surface area (Å²) in [5.41, 5.74) is 6.45. The van der Waals surface area contributed by atoms with Crippen molar-refractivity contribution in [3.05, 3.63) is 94.7 Å². The van der Waals surface area contributed by atoms with E-state index in [1.54, 1.807) is 14.2 Å². The van der Waals surface area contributed by atoms with E-state index in [1.807, 2.05) is 42.5 Å². The fraction of sp³-hybridized carbons (Fsp3) is 0.276. The Kier molecular flexibility index (Phi) is 7.53. The number of hydrogen-bond donors (Lipinski definition) is 1. The van der Waals surface area contributed by atoms with Gasteiger partial charge in [0.25, 0.3) is 5.91 Å². The van der Waals surface area contributed by atoms with Gasteiger partial charge in [0.05, 0.1) is 14.2 Å². The van der Waals surface area contributed by atoms with Crippen LogP contribution in [0.25, 0.3) is 6.08 Å². The third kappa shape index (κ3) is 5.42. The molecule has 176 valence electrons. The normalized spacial score (nSPS) is 12.0. The van der Waals surface area contributed by atoms with Crippen LogP contribution < -0.4 is 14.8 Å². The summed E-state index contributed by atoms with van der Waals surface area (Å²) in [5, 5.41) is 3.01. The summed E-state index contributed by atoms with van der Waals surface area (Å²) >= 11 is 0. The monoisotopic (exact) mass is 456 g/mol. The molecule has 0 radical (unpaired) electrons. The Morgan fingerprint density at radius 2 is 1.71 bits per heavy atom. The Bertz CT molecular complexity index is 1170. The molecule has 1 N–H and O–H groups in total. The van der Waals surface area contributed by atoms with Gasteiger partial charge in [-0.1, -0.05) is 37.3 Å². The topological polar surface area (TPSA) is 50.8 Å². The first kappa shape index (κ1) is 23.4. The number of anilines is 1. The summed E-state index contributed by atoms with van der Waals surface area (Å²) in [6.45, 7) is 4.12. The predicted molar refractivity (Wildman–Crippen MR) is 138 cm³/mol. The second-order valence-electron chi connectivity index (χ2n) is 8.48. The van der Waals surface area contributed by atoms with Crippen LogP contribution >= 0.6 is 0 Å². The van der Waals surface area contributed by atoms with Gasteiger partial charge in [0.15, 0.2) is 11.5 Å². The second kappa shape index (κ2) is 10.9. The van der Waals surface area contributed by atoms with Crippen LogP contribution in [0.5, 0.6) is 11.5 Å². The highest BCUT2D eigenvalue weighted by atomic mass is 16.5. The zero-order valence-electron chi connectivity index (χ0n) is 20.1. The summed E-state index contributed by atoms with van der Waals surface area (Å²) in [6.07, 6.45) is 5.13. The van der Waals surface area contributed by atoms with Gasteiger partial charge in [0, 0.05) is 36.5 Å². The highest BCUT2D eigenvalue weighted by Crippen LogP contribution is 2.36. The van der Waals surface area contributed by atoms with Gasteiger partial charge in [-0.15, -0.1) is 0 Å². The molecular weight excluding hydrogens is 424 g/mol. The van der Waals surface area contributed by atoms with Gasteiger partial charge in [-0.05, 0) is 72.0 Å². The van der Waals surface area contributed by atoms with E-state index in [1.165, 1.54) is 22.4 Å². The number of amides is 1. The molecule has 0 aliphatic heterocycles. The molecular formula is C29H32N2O3. The average Bonchev–Trinajstić information content (AvgIpc) is 3.29. The zero-order chi connectivity index (χ0) is 23.9. The highest BCUT2D eigenvalue weighted by molar-refractivity contribution is 6.04. The molecule has 1 aliphatic carbocycles. The first-order valence-electron chi connectivity index (χ1n) is 11.8. The molecule has 34 heavy (non-hydrogen) atoms. The van der Waals surface area contributed by atoms with E-state index in [0.717, 1.165) is 49.5 Å². The molecule has 0 unspecified atom stereocenters. The van der Waals surface area contributed by atoms with Crippen molar-refractivity contribution in [2.24, 2.45) is 0 Å². The number of nitrogens with one attached hydrogen (secondary N) is 1. The summed E-state index contributed by atoms with van der Waals surface area (Å²) in [6, 6.07) is 21.6. The van der Waals surface area contributed by atoms with Gasteiger partial charge in [-0.3, -0.25) is 4.79 Å². The average molecular weight is 457 g/mol. The lowest BCUT2D eigenvalue weighted by atomic mass is 10.1. The van der Waals surface area contributed by atoms with Gasteiger partial charge in [0.1, 0.15) is 0 Å². The van der Waals surface area contributed by atoms with E-state index in [4.69, 9.17) is 9.47 Å². The number of carbonyl (C=O) groups is 1. The van der Waals surface area contributed by atoms with Crippen molar-refractivity contribution in [1.82, 2.24) is 4.90 Å². The second-order valence-corrected chi connectivity index (χ2v) is 8.48. The molecule has 0 spiro atoms.